The minimum Gasteiger partial charge on any atom is -0.371 e. The molecule has 1 aliphatic carbocycles. The molecule has 4 rings (SSSR count). The van der Waals surface area contributed by atoms with E-state index >= 15 is 0 Å². The summed E-state index contributed by atoms with van der Waals surface area (Å²) in [6.07, 6.45) is 5.69. The van der Waals surface area contributed by atoms with Crippen molar-refractivity contribution < 1.29 is 0 Å². The standard InChI is InChI=1S/C20H30N6/c1-25-19(23-24-20(25)16-12-17(21)13-16)14-22-9-5-11-26-10-4-7-15-6-2-3-8-18(15)26/h2-3,6,8,16-17,22H,4-5,7,9-14,21H2,1H3. The van der Waals surface area contributed by atoms with Crippen molar-refractivity contribution in [3.8, 4) is 0 Å². The van der Waals surface area contributed by atoms with Crippen molar-refractivity contribution in [2.24, 2.45) is 12.8 Å². The number of aryl methyl sites for hydroxylation is 1. The van der Waals surface area contributed by atoms with Gasteiger partial charge in [-0.1, -0.05) is 18.2 Å². The average molecular weight is 355 g/mol. The van der Waals surface area contributed by atoms with Crippen molar-refractivity contribution in [2.75, 3.05) is 24.5 Å². The summed E-state index contributed by atoms with van der Waals surface area (Å²) in [5.74, 6) is 2.60. The summed E-state index contributed by atoms with van der Waals surface area (Å²) in [5, 5.41) is 12.3. The topological polar surface area (TPSA) is 72.0 Å². The van der Waals surface area contributed by atoms with Crippen molar-refractivity contribution in [3.05, 3.63) is 41.5 Å². The van der Waals surface area contributed by atoms with E-state index < -0.39 is 0 Å². The third-order valence-electron chi connectivity index (χ3n) is 5.81. The zero-order chi connectivity index (χ0) is 17.9. The Kier molecular flexibility index (Phi) is 5.22. The summed E-state index contributed by atoms with van der Waals surface area (Å²) in [6.45, 7) is 4.05. The van der Waals surface area contributed by atoms with E-state index in [4.69, 9.17) is 5.73 Å². The second-order valence-corrected chi connectivity index (χ2v) is 7.71. The molecule has 1 aromatic heterocycles. The summed E-state index contributed by atoms with van der Waals surface area (Å²) >= 11 is 0. The fraction of sp³-hybridized carbons (Fsp3) is 0.600. The van der Waals surface area contributed by atoms with Crippen LogP contribution in [0.5, 0.6) is 0 Å². The molecule has 0 spiro atoms. The summed E-state index contributed by atoms with van der Waals surface area (Å²) in [6, 6.07) is 9.17. The third-order valence-corrected chi connectivity index (χ3v) is 5.81. The van der Waals surface area contributed by atoms with Crippen LogP contribution in [0.3, 0.4) is 0 Å². The Bertz CT molecular complexity index is 734. The quantitative estimate of drug-likeness (QED) is 0.744. The van der Waals surface area contributed by atoms with Gasteiger partial charge in [0.2, 0.25) is 0 Å². The molecule has 2 aliphatic rings. The van der Waals surface area contributed by atoms with Crippen LogP contribution < -0.4 is 16.0 Å². The minimum absolute atomic E-state index is 0.346. The summed E-state index contributed by atoms with van der Waals surface area (Å²) in [4.78, 5) is 2.53. The molecule has 0 amide bonds. The molecule has 26 heavy (non-hydrogen) atoms. The van der Waals surface area contributed by atoms with E-state index in [1.165, 1.54) is 30.6 Å². The first-order valence-electron chi connectivity index (χ1n) is 9.89. The van der Waals surface area contributed by atoms with Gasteiger partial charge in [-0.15, -0.1) is 10.2 Å². The van der Waals surface area contributed by atoms with Crippen LogP contribution in [-0.4, -0.2) is 40.4 Å². The minimum atomic E-state index is 0.346. The maximum Gasteiger partial charge on any atom is 0.146 e. The monoisotopic (exact) mass is 354 g/mol. The maximum absolute atomic E-state index is 5.89. The van der Waals surface area contributed by atoms with Crippen LogP contribution in [-0.2, 0) is 20.0 Å². The lowest BCUT2D eigenvalue weighted by Crippen LogP contribution is -2.36. The lowest BCUT2D eigenvalue weighted by atomic mass is 9.80. The van der Waals surface area contributed by atoms with Crippen molar-refractivity contribution in [1.82, 2.24) is 20.1 Å². The van der Waals surface area contributed by atoms with Gasteiger partial charge in [-0.05, 0) is 50.3 Å². The highest BCUT2D eigenvalue weighted by Crippen LogP contribution is 2.34. The number of rotatable bonds is 7. The average Bonchev–Trinajstić information content (AvgIpc) is 2.99. The summed E-state index contributed by atoms with van der Waals surface area (Å²) in [7, 11) is 2.07. The normalized spacial score (nSPS) is 22.2. The van der Waals surface area contributed by atoms with Crippen LogP contribution in [0, 0.1) is 0 Å². The zero-order valence-electron chi connectivity index (χ0n) is 15.7. The molecule has 0 unspecified atom stereocenters. The number of nitrogens with two attached hydrogens (primary N) is 1. The van der Waals surface area contributed by atoms with Gasteiger partial charge in [-0.25, -0.2) is 0 Å². The molecule has 2 heterocycles. The van der Waals surface area contributed by atoms with E-state index in [2.05, 4.69) is 56.3 Å². The molecular formula is C20H30N6. The van der Waals surface area contributed by atoms with Gasteiger partial charge in [0, 0.05) is 37.8 Å². The Balaban J connectivity index is 1.22. The molecule has 6 nitrogen and oxygen atoms in total. The predicted octanol–water partition coefficient (Wildman–Crippen LogP) is 1.95. The molecule has 1 aromatic carbocycles. The van der Waals surface area contributed by atoms with Gasteiger partial charge >= 0.3 is 0 Å². The van der Waals surface area contributed by atoms with Crippen LogP contribution in [0.15, 0.2) is 24.3 Å². The van der Waals surface area contributed by atoms with E-state index in [0.29, 0.717) is 12.0 Å². The Morgan fingerprint density at radius 3 is 2.92 bits per heavy atom. The first-order chi connectivity index (χ1) is 12.7. The molecule has 3 N–H and O–H groups in total. The Labute approximate surface area is 155 Å². The number of aromatic nitrogens is 3. The molecule has 0 bridgehead atoms. The molecule has 2 aromatic rings. The fourth-order valence-corrected chi connectivity index (χ4v) is 4.20. The number of fused-ring (bicyclic) bond motifs is 1. The number of benzene rings is 1. The van der Waals surface area contributed by atoms with E-state index in [-0.39, 0.29) is 0 Å². The van der Waals surface area contributed by atoms with E-state index in [1.54, 1.807) is 0 Å². The van der Waals surface area contributed by atoms with Gasteiger partial charge in [0.1, 0.15) is 11.6 Å². The molecule has 0 atom stereocenters. The summed E-state index contributed by atoms with van der Waals surface area (Å²) < 4.78 is 2.14. The second-order valence-electron chi connectivity index (χ2n) is 7.71. The van der Waals surface area contributed by atoms with E-state index in [1.807, 2.05) is 0 Å². The second kappa shape index (κ2) is 7.76. The molecule has 140 valence electrons. The van der Waals surface area contributed by atoms with Gasteiger partial charge in [-0.3, -0.25) is 0 Å². The largest absolute Gasteiger partial charge is 0.371 e. The van der Waals surface area contributed by atoms with Gasteiger partial charge in [0.05, 0.1) is 6.54 Å². The van der Waals surface area contributed by atoms with Crippen LogP contribution in [0.2, 0.25) is 0 Å². The molecule has 0 radical (unpaired) electrons. The van der Waals surface area contributed by atoms with Crippen molar-refractivity contribution >= 4 is 5.69 Å². The van der Waals surface area contributed by atoms with E-state index in [0.717, 1.165) is 50.5 Å². The first-order valence-corrected chi connectivity index (χ1v) is 9.89. The Morgan fingerprint density at radius 1 is 1.23 bits per heavy atom. The van der Waals surface area contributed by atoms with Crippen LogP contribution in [0.1, 0.15) is 48.8 Å². The van der Waals surface area contributed by atoms with Crippen LogP contribution >= 0.6 is 0 Å². The Morgan fingerprint density at radius 2 is 2.08 bits per heavy atom. The molecule has 6 heteroatoms. The number of nitrogens with zero attached hydrogens (tertiary/aromatic N) is 4. The highest BCUT2D eigenvalue weighted by molar-refractivity contribution is 5.55. The van der Waals surface area contributed by atoms with Gasteiger partial charge < -0.3 is 20.5 Å². The predicted molar refractivity (Wildman–Crippen MR) is 104 cm³/mol. The molecule has 0 saturated heterocycles. The Hall–Kier alpha value is -1.92. The van der Waals surface area contributed by atoms with Gasteiger partial charge in [0.15, 0.2) is 0 Å². The fourth-order valence-electron chi connectivity index (χ4n) is 4.20. The lowest BCUT2D eigenvalue weighted by molar-refractivity contribution is 0.331. The van der Waals surface area contributed by atoms with E-state index in [9.17, 15) is 0 Å². The zero-order valence-corrected chi connectivity index (χ0v) is 15.7. The number of nitrogens with one attached hydrogen (secondary N) is 1. The number of para-hydroxylation sites is 1. The molecule has 1 saturated carbocycles. The summed E-state index contributed by atoms with van der Waals surface area (Å²) in [5.41, 5.74) is 8.81. The number of hydrogen-bond acceptors (Lipinski definition) is 5. The van der Waals surface area contributed by atoms with Gasteiger partial charge in [0.25, 0.3) is 0 Å². The molecular weight excluding hydrogens is 324 g/mol. The van der Waals surface area contributed by atoms with Crippen LogP contribution in [0.25, 0.3) is 0 Å². The number of hydrogen-bond donors (Lipinski definition) is 2. The highest BCUT2D eigenvalue weighted by atomic mass is 15.3. The van der Waals surface area contributed by atoms with Crippen molar-refractivity contribution in [3.63, 3.8) is 0 Å². The maximum atomic E-state index is 5.89. The third kappa shape index (κ3) is 3.62. The first kappa shape index (κ1) is 17.5. The lowest BCUT2D eigenvalue weighted by Gasteiger charge is -2.31. The molecule has 1 fully saturated rings. The van der Waals surface area contributed by atoms with Crippen molar-refractivity contribution in [1.29, 1.82) is 0 Å². The number of anilines is 1. The SMILES string of the molecule is Cn1c(CNCCCN2CCCc3ccccc32)nnc1C1CC(N)C1. The molecule has 1 aliphatic heterocycles. The van der Waals surface area contributed by atoms with Crippen LogP contribution in [0.4, 0.5) is 5.69 Å². The van der Waals surface area contributed by atoms with Crippen molar-refractivity contribution in [2.45, 2.75) is 50.6 Å². The smallest absolute Gasteiger partial charge is 0.146 e. The highest BCUT2D eigenvalue weighted by Gasteiger charge is 2.31. The van der Waals surface area contributed by atoms with Gasteiger partial charge in [-0.2, -0.15) is 0 Å².